The number of carbonyl (C=O) groups excluding carboxylic acids is 1. The third-order valence-electron chi connectivity index (χ3n) is 4.02. The van der Waals surface area contributed by atoms with Crippen LogP contribution in [0, 0.1) is 10.1 Å². The molecule has 0 aliphatic heterocycles. The van der Waals surface area contributed by atoms with Crippen molar-refractivity contribution in [3.05, 3.63) is 117 Å². The van der Waals surface area contributed by atoms with Gasteiger partial charge in [0.05, 0.1) is 4.92 Å². The number of benzene rings is 3. The van der Waals surface area contributed by atoms with Crippen molar-refractivity contribution in [2.45, 2.75) is 6.42 Å². The van der Waals surface area contributed by atoms with E-state index in [2.05, 4.69) is 12.1 Å². The highest BCUT2D eigenvalue weighted by atomic mass is 16.6. The molecule has 4 nitrogen and oxygen atoms in total. The van der Waals surface area contributed by atoms with Crippen LogP contribution >= 0.6 is 0 Å². The van der Waals surface area contributed by atoms with Gasteiger partial charge in [0.25, 0.3) is 5.69 Å². The first kappa shape index (κ1) is 17.3. The van der Waals surface area contributed by atoms with Crippen molar-refractivity contribution in [2.75, 3.05) is 0 Å². The van der Waals surface area contributed by atoms with E-state index in [1.165, 1.54) is 23.8 Å². The molecule has 0 unspecified atom stereocenters. The highest BCUT2D eigenvalue weighted by Gasteiger charge is 2.04. The molecule has 128 valence electrons. The lowest BCUT2D eigenvalue weighted by Gasteiger charge is -2.03. The molecular weight excluding hydrogens is 326 g/mol. The van der Waals surface area contributed by atoms with Gasteiger partial charge < -0.3 is 0 Å². The van der Waals surface area contributed by atoms with Crippen LogP contribution in [-0.4, -0.2) is 10.7 Å². The SMILES string of the molecule is O=C(C=Cc1ccc([N+](=O)[O-])cc1)c1ccc(Cc2ccccc2)cc1. The molecule has 3 rings (SSSR count). The molecule has 3 aromatic rings. The zero-order valence-corrected chi connectivity index (χ0v) is 14.0. The highest BCUT2D eigenvalue weighted by molar-refractivity contribution is 6.06. The maximum atomic E-state index is 12.3. The second kappa shape index (κ2) is 8.03. The maximum absolute atomic E-state index is 12.3. The first-order valence-electron chi connectivity index (χ1n) is 8.21. The second-order valence-electron chi connectivity index (χ2n) is 5.91. The van der Waals surface area contributed by atoms with Gasteiger partial charge >= 0.3 is 0 Å². The van der Waals surface area contributed by atoms with Crippen molar-refractivity contribution >= 4 is 17.5 Å². The van der Waals surface area contributed by atoms with E-state index in [-0.39, 0.29) is 11.5 Å². The summed E-state index contributed by atoms with van der Waals surface area (Å²) in [5, 5.41) is 10.6. The minimum atomic E-state index is -0.449. The number of nitro benzene ring substituents is 1. The standard InChI is InChI=1S/C22H17NO3/c24-22(15-10-17-8-13-21(14-9-17)23(25)26)20-11-6-19(7-12-20)16-18-4-2-1-3-5-18/h1-15H,16H2. The van der Waals surface area contributed by atoms with Crippen molar-refractivity contribution in [1.29, 1.82) is 0 Å². The lowest BCUT2D eigenvalue weighted by molar-refractivity contribution is -0.384. The number of nitrogens with zero attached hydrogens (tertiary/aromatic N) is 1. The van der Waals surface area contributed by atoms with Crippen LogP contribution in [0.15, 0.2) is 84.9 Å². The van der Waals surface area contributed by atoms with E-state index in [9.17, 15) is 14.9 Å². The van der Waals surface area contributed by atoms with Crippen LogP contribution in [0.3, 0.4) is 0 Å². The van der Waals surface area contributed by atoms with Crippen LogP contribution in [0.2, 0.25) is 0 Å². The van der Waals surface area contributed by atoms with Gasteiger partial charge in [-0.2, -0.15) is 0 Å². The van der Waals surface area contributed by atoms with Crippen LogP contribution in [-0.2, 0) is 6.42 Å². The van der Waals surface area contributed by atoms with Crippen LogP contribution in [0.4, 0.5) is 5.69 Å². The first-order valence-corrected chi connectivity index (χ1v) is 8.21. The molecule has 3 aromatic carbocycles. The molecule has 4 heteroatoms. The van der Waals surface area contributed by atoms with Crippen molar-refractivity contribution in [2.24, 2.45) is 0 Å². The van der Waals surface area contributed by atoms with E-state index in [4.69, 9.17) is 0 Å². The minimum Gasteiger partial charge on any atom is -0.289 e. The van der Waals surface area contributed by atoms with Gasteiger partial charge in [0.15, 0.2) is 5.78 Å². The zero-order valence-electron chi connectivity index (χ0n) is 14.0. The molecule has 0 aliphatic carbocycles. The van der Waals surface area contributed by atoms with Crippen LogP contribution in [0.25, 0.3) is 6.08 Å². The van der Waals surface area contributed by atoms with Crippen LogP contribution in [0.5, 0.6) is 0 Å². The minimum absolute atomic E-state index is 0.0301. The zero-order chi connectivity index (χ0) is 18.4. The Hall–Kier alpha value is -3.53. The van der Waals surface area contributed by atoms with E-state index in [0.717, 1.165) is 17.5 Å². The number of non-ortho nitro benzene ring substituents is 1. The number of carbonyl (C=O) groups is 1. The summed E-state index contributed by atoms with van der Waals surface area (Å²) in [4.78, 5) is 22.5. The van der Waals surface area contributed by atoms with E-state index in [0.29, 0.717) is 5.56 Å². The van der Waals surface area contributed by atoms with Gasteiger partial charge in [0, 0.05) is 17.7 Å². The highest BCUT2D eigenvalue weighted by Crippen LogP contribution is 2.14. The summed E-state index contributed by atoms with van der Waals surface area (Å²) in [6, 6.07) is 23.8. The van der Waals surface area contributed by atoms with Gasteiger partial charge in [-0.3, -0.25) is 14.9 Å². The first-order chi connectivity index (χ1) is 12.6. The van der Waals surface area contributed by atoms with Gasteiger partial charge in [-0.1, -0.05) is 60.7 Å². The molecule has 0 aromatic heterocycles. The fourth-order valence-electron chi connectivity index (χ4n) is 2.59. The fraction of sp³-hybridized carbons (Fsp3) is 0.0455. The lowest BCUT2D eigenvalue weighted by atomic mass is 10.0. The Bertz CT molecular complexity index is 927. The van der Waals surface area contributed by atoms with Crippen LogP contribution in [0.1, 0.15) is 27.0 Å². The monoisotopic (exact) mass is 343 g/mol. The Kier molecular flexibility index (Phi) is 5.34. The average Bonchev–Trinajstić information content (AvgIpc) is 2.68. The van der Waals surface area contributed by atoms with Gasteiger partial charge in [0.1, 0.15) is 0 Å². The second-order valence-corrected chi connectivity index (χ2v) is 5.91. The molecule has 0 aliphatic rings. The van der Waals surface area contributed by atoms with Crippen LogP contribution < -0.4 is 0 Å². The summed E-state index contributed by atoms with van der Waals surface area (Å²) in [6.45, 7) is 0. The lowest BCUT2D eigenvalue weighted by Crippen LogP contribution is -1.95. The molecule has 0 radical (unpaired) electrons. The van der Waals surface area contributed by atoms with E-state index < -0.39 is 4.92 Å². The molecular formula is C22H17NO3. The molecule has 0 saturated carbocycles. The quantitative estimate of drug-likeness (QED) is 0.271. The fourth-order valence-corrected chi connectivity index (χ4v) is 2.59. The Morgan fingerprint density at radius 1 is 0.846 bits per heavy atom. The Labute approximate surface area is 151 Å². The molecule has 0 bridgehead atoms. The van der Waals surface area contributed by atoms with Gasteiger partial charge in [-0.25, -0.2) is 0 Å². The Morgan fingerprint density at radius 3 is 2.08 bits per heavy atom. The largest absolute Gasteiger partial charge is 0.289 e. The summed E-state index contributed by atoms with van der Waals surface area (Å²) < 4.78 is 0. The predicted molar refractivity (Wildman–Crippen MR) is 102 cm³/mol. The maximum Gasteiger partial charge on any atom is 0.269 e. The van der Waals surface area contributed by atoms with Gasteiger partial charge in [0.2, 0.25) is 0 Å². The molecule has 0 amide bonds. The summed E-state index contributed by atoms with van der Waals surface area (Å²) in [7, 11) is 0. The average molecular weight is 343 g/mol. The van der Waals surface area contributed by atoms with E-state index >= 15 is 0 Å². The van der Waals surface area contributed by atoms with Crippen molar-refractivity contribution in [3.63, 3.8) is 0 Å². The van der Waals surface area contributed by atoms with E-state index in [1.807, 2.05) is 42.5 Å². The number of allylic oxidation sites excluding steroid dienone is 1. The van der Waals surface area contributed by atoms with Gasteiger partial charge in [-0.15, -0.1) is 0 Å². The van der Waals surface area contributed by atoms with Gasteiger partial charge in [-0.05, 0) is 41.3 Å². The topological polar surface area (TPSA) is 60.2 Å². The predicted octanol–water partition coefficient (Wildman–Crippen LogP) is 5.08. The summed E-state index contributed by atoms with van der Waals surface area (Å²) >= 11 is 0. The summed E-state index contributed by atoms with van der Waals surface area (Å²) in [5.74, 6) is -0.102. The number of hydrogen-bond donors (Lipinski definition) is 0. The summed E-state index contributed by atoms with van der Waals surface area (Å²) in [6.07, 6.45) is 3.96. The summed E-state index contributed by atoms with van der Waals surface area (Å²) in [5.41, 5.74) is 3.75. The normalized spacial score (nSPS) is 10.8. The Balaban J connectivity index is 1.65. The van der Waals surface area contributed by atoms with Crippen molar-refractivity contribution < 1.29 is 9.72 Å². The molecule has 0 spiro atoms. The number of ketones is 1. The number of rotatable bonds is 6. The molecule has 26 heavy (non-hydrogen) atoms. The third kappa shape index (κ3) is 4.51. The molecule has 0 saturated heterocycles. The van der Waals surface area contributed by atoms with Crippen molar-refractivity contribution in [3.8, 4) is 0 Å². The number of hydrogen-bond acceptors (Lipinski definition) is 3. The molecule has 0 heterocycles. The Morgan fingerprint density at radius 2 is 1.46 bits per heavy atom. The smallest absolute Gasteiger partial charge is 0.269 e. The molecule has 0 N–H and O–H groups in total. The van der Waals surface area contributed by atoms with E-state index in [1.54, 1.807) is 18.2 Å². The molecule has 0 atom stereocenters. The van der Waals surface area contributed by atoms with Crippen molar-refractivity contribution in [1.82, 2.24) is 0 Å². The third-order valence-corrected chi connectivity index (χ3v) is 4.02. The molecule has 0 fully saturated rings. The number of nitro groups is 1.